The van der Waals surface area contributed by atoms with Gasteiger partial charge >= 0.3 is 0 Å². The van der Waals surface area contributed by atoms with Gasteiger partial charge in [0.05, 0.1) is 12.1 Å². The minimum Gasteiger partial charge on any atom is -0.380 e. The lowest BCUT2D eigenvalue weighted by atomic mass is 9.74. The molecule has 3 heterocycles. The van der Waals surface area contributed by atoms with Gasteiger partial charge in [-0.3, -0.25) is 9.69 Å². The van der Waals surface area contributed by atoms with E-state index in [1.165, 1.54) is 84.0 Å². The summed E-state index contributed by atoms with van der Waals surface area (Å²) in [7, 11) is 1.92. The molecule has 2 aliphatic carbocycles. The van der Waals surface area contributed by atoms with Gasteiger partial charge < -0.3 is 19.9 Å². The van der Waals surface area contributed by atoms with Crippen molar-refractivity contribution in [1.29, 1.82) is 0 Å². The van der Waals surface area contributed by atoms with Crippen LogP contribution in [0.1, 0.15) is 70.6 Å². The predicted molar refractivity (Wildman–Crippen MR) is 132 cm³/mol. The van der Waals surface area contributed by atoms with Gasteiger partial charge in [0.15, 0.2) is 0 Å². The Hall–Kier alpha value is -0.690. The average Bonchev–Trinajstić information content (AvgIpc) is 3.30. The monoisotopic (exact) mass is 460 g/mol. The van der Waals surface area contributed by atoms with Crippen molar-refractivity contribution in [3.63, 3.8) is 0 Å². The van der Waals surface area contributed by atoms with Crippen LogP contribution in [0.25, 0.3) is 0 Å². The van der Waals surface area contributed by atoms with E-state index in [1.54, 1.807) is 0 Å². The van der Waals surface area contributed by atoms with Gasteiger partial charge in [0.1, 0.15) is 0 Å². The van der Waals surface area contributed by atoms with E-state index in [-0.39, 0.29) is 0 Å². The molecule has 2 saturated carbocycles. The third kappa shape index (κ3) is 5.60. The van der Waals surface area contributed by atoms with Crippen molar-refractivity contribution in [3.05, 3.63) is 0 Å². The second-order valence-corrected chi connectivity index (χ2v) is 11.7. The highest BCUT2D eigenvalue weighted by molar-refractivity contribution is 5.79. The number of amides is 1. The van der Waals surface area contributed by atoms with Crippen molar-refractivity contribution >= 4 is 5.91 Å². The maximum Gasteiger partial charge on any atom is 0.225 e. The molecule has 0 spiro atoms. The highest BCUT2D eigenvalue weighted by Crippen LogP contribution is 2.35. The lowest BCUT2D eigenvalue weighted by molar-refractivity contribution is -0.137. The van der Waals surface area contributed by atoms with Crippen molar-refractivity contribution in [2.24, 2.45) is 17.8 Å². The fourth-order valence-electron chi connectivity index (χ4n) is 7.88. The van der Waals surface area contributed by atoms with Gasteiger partial charge in [-0.1, -0.05) is 12.8 Å². The highest BCUT2D eigenvalue weighted by atomic mass is 16.5. The minimum atomic E-state index is 0.331. The van der Waals surface area contributed by atoms with Crippen LogP contribution in [0.3, 0.4) is 0 Å². The summed E-state index contributed by atoms with van der Waals surface area (Å²) in [6.45, 7) is 9.06. The van der Waals surface area contributed by atoms with Gasteiger partial charge in [0, 0.05) is 51.8 Å². The van der Waals surface area contributed by atoms with Crippen LogP contribution in [0.2, 0.25) is 0 Å². The Morgan fingerprint density at radius 2 is 1.76 bits per heavy atom. The Balaban J connectivity index is 1.15. The Morgan fingerprint density at radius 1 is 0.879 bits per heavy atom. The number of piperidine rings is 2. The summed E-state index contributed by atoms with van der Waals surface area (Å²) < 4.78 is 6.04. The lowest BCUT2D eigenvalue weighted by Crippen LogP contribution is -2.63. The Morgan fingerprint density at radius 3 is 2.61 bits per heavy atom. The number of nitrogens with zero attached hydrogens (tertiary/aromatic N) is 3. The first kappa shape index (κ1) is 24.0. The van der Waals surface area contributed by atoms with Gasteiger partial charge in [-0.15, -0.1) is 0 Å². The molecule has 3 aliphatic heterocycles. The van der Waals surface area contributed by atoms with Crippen LogP contribution >= 0.6 is 0 Å². The van der Waals surface area contributed by atoms with E-state index in [4.69, 9.17) is 4.74 Å². The fraction of sp³-hybridized carbons (Fsp3) is 0.963. The molecule has 5 fully saturated rings. The van der Waals surface area contributed by atoms with Crippen molar-refractivity contribution in [2.75, 3.05) is 59.5 Å². The zero-order chi connectivity index (χ0) is 22.6. The first-order valence-corrected chi connectivity index (χ1v) is 14.2. The van der Waals surface area contributed by atoms with Gasteiger partial charge in [0.2, 0.25) is 5.91 Å². The molecule has 4 unspecified atom stereocenters. The molecule has 188 valence electrons. The summed E-state index contributed by atoms with van der Waals surface area (Å²) >= 11 is 0. The summed E-state index contributed by atoms with van der Waals surface area (Å²) in [6.07, 6.45) is 14.1. The van der Waals surface area contributed by atoms with Crippen LogP contribution in [0.4, 0.5) is 0 Å². The second-order valence-electron chi connectivity index (χ2n) is 11.7. The number of hydrogen-bond donors (Lipinski definition) is 1. The third-order valence-corrected chi connectivity index (χ3v) is 9.61. The molecule has 0 radical (unpaired) electrons. The van der Waals surface area contributed by atoms with E-state index in [0.29, 0.717) is 35.9 Å². The molecule has 0 bridgehead atoms. The number of ether oxygens (including phenoxy) is 1. The largest absolute Gasteiger partial charge is 0.380 e. The Kier molecular flexibility index (Phi) is 8.27. The second kappa shape index (κ2) is 11.4. The Labute approximate surface area is 201 Å². The average molecular weight is 461 g/mol. The van der Waals surface area contributed by atoms with E-state index in [0.717, 1.165) is 44.9 Å². The van der Waals surface area contributed by atoms with Gasteiger partial charge in [-0.25, -0.2) is 0 Å². The number of nitrogens with one attached hydrogen (secondary N) is 1. The molecular weight excluding hydrogens is 412 g/mol. The number of methoxy groups -OCH3 is 1. The zero-order valence-corrected chi connectivity index (χ0v) is 21.1. The normalized spacial score (nSPS) is 37.6. The molecule has 6 nitrogen and oxygen atoms in total. The van der Waals surface area contributed by atoms with Crippen LogP contribution in [0.15, 0.2) is 0 Å². The molecule has 5 rings (SSSR count). The number of carbonyl (C=O) groups is 1. The molecule has 0 aromatic carbocycles. The van der Waals surface area contributed by atoms with Crippen LogP contribution in [0, 0.1) is 17.8 Å². The molecular formula is C27H48N4O2. The zero-order valence-electron chi connectivity index (χ0n) is 21.1. The summed E-state index contributed by atoms with van der Waals surface area (Å²) in [5.41, 5.74) is 0. The topological polar surface area (TPSA) is 48.1 Å². The third-order valence-electron chi connectivity index (χ3n) is 9.61. The van der Waals surface area contributed by atoms with E-state index < -0.39 is 0 Å². The first-order valence-electron chi connectivity index (χ1n) is 14.2. The van der Waals surface area contributed by atoms with Gasteiger partial charge in [0.25, 0.3) is 0 Å². The number of rotatable bonds is 5. The first-order chi connectivity index (χ1) is 16.2. The van der Waals surface area contributed by atoms with Crippen molar-refractivity contribution in [1.82, 2.24) is 20.0 Å². The SMILES string of the molecule is COC1CCC2CCCNC2C1N1CCCN(C[C@@H]2CCCN(C(=O)C3CCCC3)C2)CC1. The van der Waals surface area contributed by atoms with E-state index in [9.17, 15) is 4.79 Å². The standard InChI is InChI=1S/C27H48N4O2/c1-33-24-12-11-22-10-4-13-28-25(22)26(24)30-16-6-14-29(17-18-30)19-21-7-5-15-31(20-21)27(32)23-8-2-3-9-23/h21-26,28H,2-20H2,1H3/t21-,22?,24?,25?,26?/m0/s1. The summed E-state index contributed by atoms with van der Waals surface area (Å²) in [5.74, 6) is 2.29. The molecule has 33 heavy (non-hydrogen) atoms. The predicted octanol–water partition coefficient (Wildman–Crippen LogP) is 2.97. The maximum atomic E-state index is 13.0. The summed E-state index contributed by atoms with van der Waals surface area (Å²) in [4.78, 5) is 20.7. The summed E-state index contributed by atoms with van der Waals surface area (Å²) in [6, 6.07) is 1.14. The van der Waals surface area contributed by atoms with E-state index in [2.05, 4.69) is 20.0 Å². The molecule has 5 atom stereocenters. The molecule has 1 amide bonds. The molecule has 5 aliphatic rings. The quantitative estimate of drug-likeness (QED) is 0.684. The van der Waals surface area contributed by atoms with Crippen molar-refractivity contribution in [2.45, 2.75) is 88.8 Å². The van der Waals surface area contributed by atoms with Crippen LogP contribution in [-0.2, 0) is 9.53 Å². The number of carbonyl (C=O) groups excluding carboxylic acids is 1. The van der Waals surface area contributed by atoms with Gasteiger partial charge in [-0.2, -0.15) is 0 Å². The number of likely N-dealkylation sites (tertiary alicyclic amines) is 1. The van der Waals surface area contributed by atoms with Crippen LogP contribution in [-0.4, -0.2) is 98.3 Å². The molecule has 0 aromatic heterocycles. The molecule has 6 heteroatoms. The molecule has 1 N–H and O–H groups in total. The Bertz CT molecular complexity index is 640. The highest BCUT2D eigenvalue weighted by Gasteiger charge is 2.43. The smallest absolute Gasteiger partial charge is 0.225 e. The van der Waals surface area contributed by atoms with E-state index >= 15 is 0 Å². The minimum absolute atomic E-state index is 0.331. The van der Waals surface area contributed by atoms with Crippen LogP contribution in [0.5, 0.6) is 0 Å². The molecule has 0 aromatic rings. The fourth-order valence-corrected chi connectivity index (χ4v) is 7.88. The lowest BCUT2D eigenvalue weighted by Gasteiger charge is -2.49. The summed E-state index contributed by atoms with van der Waals surface area (Å²) in [5, 5.41) is 3.90. The number of hydrogen-bond acceptors (Lipinski definition) is 5. The van der Waals surface area contributed by atoms with Crippen molar-refractivity contribution in [3.8, 4) is 0 Å². The maximum absolute atomic E-state index is 13.0. The van der Waals surface area contributed by atoms with E-state index in [1.807, 2.05) is 7.11 Å². The number of fused-ring (bicyclic) bond motifs is 1. The van der Waals surface area contributed by atoms with Gasteiger partial charge in [-0.05, 0) is 89.3 Å². The van der Waals surface area contributed by atoms with Crippen molar-refractivity contribution < 1.29 is 9.53 Å². The van der Waals surface area contributed by atoms with Crippen LogP contribution < -0.4 is 5.32 Å². The molecule has 3 saturated heterocycles.